The summed E-state index contributed by atoms with van der Waals surface area (Å²) < 4.78 is 39.2. The second kappa shape index (κ2) is 13.8. The van der Waals surface area contributed by atoms with Gasteiger partial charge in [-0.3, -0.25) is 10.00 Å². The van der Waals surface area contributed by atoms with Crippen molar-refractivity contribution in [3.63, 3.8) is 0 Å². The van der Waals surface area contributed by atoms with Gasteiger partial charge in [-0.05, 0) is 29.8 Å². The van der Waals surface area contributed by atoms with Crippen molar-refractivity contribution in [2.75, 3.05) is 26.0 Å². The van der Waals surface area contributed by atoms with Crippen LogP contribution in [-0.4, -0.2) is 80.8 Å². The van der Waals surface area contributed by atoms with Crippen LogP contribution in [0.4, 0.5) is 29.5 Å². The summed E-state index contributed by atoms with van der Waals surface area (Å²) in [6.45, 7) is 1.32. The third-order valence-corrected chi connectivity index (χ3v) is 7.70. The summed E-state index contributed by atoms with van der Waals surface area (Å²) in [6, 6.07) is 18.5. The smallest absolute Gasteiger partial charge is 0.475 e. The number of nitrogens with zero attached hydrogens (tertiary/aromatic N) is 5. The molecule has 6 rings (SSSR count). The molecule has 1 aliphatic heterocycles. The molecule has 3 aromatic heterocycles. The molecule has 0 radical (unpaired) electrons. The number of hydrogen-bond donors (Lipinski definition) is 3. The van der Waals surface area contributed by atoms with Crippen LogP contribution in [0, 0.1) is 11.8 Å². The number of aromatic nitrogens is 4. The number of ether oxygens (including phenoxy) is 1. The van der Waals surface area contributed by atoms with E-state index in [2.05, 4.69) is 61.8 Å². The monoisotopic (exact) mass is 651 g/mol. The second-order valence-electron chi connectivity index (χ2n) is 10.4. The standard InChI is InChI=1S/C29H27N7O2S.C2HF3O2/c1-35(2)29(37)38-23-13-21(30-16-23)8-10-24-14-25-27(31-18-32-28(25)39-24)34-22-9-11-26-20(12-22)15-33-36(26)17-19-6-4-3-5-7-19;3-2(4,5)1(6)7/h3-7,9,11-12,14-15,18,21,23,30H,13,16-17H2,1-2H3,(H,31,32,34);(H,6,7)/t21-,23-;/m1./s1. The van der Waals surface area contributed by atoms with Crippen LogP contribution in [0.1, 0.15) is 16.9 Å². The third kappa shape index (κ3) is 8.09. The minimum absolute atomic E-state index is 0.0339. The predicted octanol–water partition coefficient (Wildman–Crippen LogP) is 5.25. The molecule has 46 heavy (non-hydrogen) atoms. The first-order valence-electron chi connectivity index (χ1n) is 13.9. The number of halogens is 3. The maximum Gasteiger partial charge on any atom is 0.490 e. The zero-order valence-corrected chi connectivity index (χ0v) is 25.4. The van der Waals surface area contributed by atoms with Gasteiger partial charge in [-0.1, -0.05) is 42.2 Å². The topological polar surface area (TPSA) is 134 Å². The van der Waals surface area contributed by atoms with Crippen molar-refractivity contribution in [1.29, 1.82) is 0 Å². The van der Waals surface area contributed by atoms with Gasteiger partial charge in [0, 0.05) is 38.1 Å². The predicted molar refractivity (Wildman–Crippen MR) is 167 cm³/mol. The molecule has 3 N–H and O–H groups in total. The van der Waals surface area contributed by atoms with Crippen molar-refractivity contribution >= 4 is 56.0 Å². The molecule has 2 atom stereocenters. The lowest BCUT2D eigenvalue weighted by molar-refractivity contribution is -0.192. The molecule has 0 unspecified atom stereocenters. The van der Waals surface area contributed by atoms with Gasteiger partial charge in [0.2, 0.25) is 0 Å². The van der Waals surface area contributed by atoms with E-state index in [0.29, 0.717) is 13.0 Å². The Kier molecular flexibility index (Phi) is 9.69. The highest BCUT2D eigenvalue weighted by Gasteiger charge is 2.38. The minimum Gasteiger partial charge on any atom is -0.475 e. The molecule has 1 aliphatic rings. The lowest BCUT2D eigenvalue weighted by atomic mass is 10.2. The molecule has 1 fully saturated rings. The van der Waals surface area contributed by atoms with Crippen molar-refractivity contribution in [3.8, 4) is 11.8 Å². The van der Waals surface area contributed by atoms with Gasteiger partial charge in [-0.25, -0.2) is 19.6 Å². The van der Waals surface area contributed by atoms with E-state index in [0.717, 1.165) is 44.0 Å². The fraction of sp³-hybridized carbons (Fsp3) is 0.258. The quantitative estimate of drug-likeness (QED) is 0.218. The number of carbonyl (C=O) groups is 2. The third-order valence-electron chi connectivity index (χ3n) is 6.74. The Morgan fingerprint density at radius 1 is 1.17 bits per heavy atom. The summed E-state index contributed by atoms with van der Waals surface area (Å²) in [6.07, 6.45) is -1.48. The molecule has 2 aromatic carbocycles. The number of thiophene rings is 1. The second-order valence-corrected chi connectivity index (χ2v) is 11.4. The van der Waals surface area contributed by atoms with Crippen LogP contribution in [0.25, 0.3) is 21.1 Å². The first-order valence-corrected chi connectivity index (χ1v) is 14.7. The zero-order valence-electron chi connectivity index (χ0n) is 24.6. The first kappa shape index (κ1) is 32.2. The molecule has 0 bridgehead atoms. The Labute approximate surface area is 265 Å². The largest absolute Gasteiger partial charge is 0.490 e. The van der Waals surface area contributed by atoms with E-state index in [4.69, 9.17) is 14.6 Å². The van der Waals surface area contributed by atoms with Gasteiger partial charge < -0.3 is 20.1 Å². The van der Waals surface area contributed by atoms with E-state index in [1.54, 1.807) is 20.4 Å². The number of hydrogen-bond acceptors (Lipinski definition) is 9. The van der Waals surface area contributed by atoms with Gasteiger partial charge >= 0.3 is 18.2 Å². The van der Waals surface area contributed by atoms with Gasteiger partial charge in [-0.15, -0.1) is 11.3 Å². The molecular formula is C31H28F3N7O4S. The molecule has 238 valence electrons. The van der Waals surface area contributed by atoms with Crippen molar-refractivity contribution in [2.45, 2.75) is 31.3 Å². The van der Waals surface area contributed by atoms with Gasteiger partial charge in [0.25, 0.3) is 0 Å². The molecule has 0 saturated carbocycles. The number of carboxylic acids is 1. The van der Waals surface area contributed by atoms with Crippen LogP contribution < -0.4 is 10.6 Å². The summed E-state index contributed by atoms with van der Waals surface area (Å²) in [5.74, 6) is 4.50. The average Bonchev–Trinajstić information content (AvgIpc) is 3.75. The number of fused-ring (bicyclic) bond motifs is 2. The van der Waals surface area contributed by atoms with Crippen LogP contribution in [0.2, 0.25) is 0 Å². The number of carbonyl (C=O) groups excluding carboxylic acids is 1. The normalized spacial score (nSPS) is 15.8. The van der Waals surface area contributed by atoms with Crippen molar-refractivity contribution < 1.29 is 32.6 Å². The SMILES string of the molecule is CN(C)C(=O)O[C@H]1CN[C@H](C#Cc2cc3c(Nc4ccc5c(cnn5Cc5ccccc5)c4)ncnc3s2)C1.O=C(O)C(F)(F)F. The highest BCUT2D eigenvalue weighted by atomic mass is 32.1. The van der Waals surface area contributed by atoms with E-state index in [1.165, 1.54) is 21.8 Å². The number of alkyl halides is 3. The summed E-state index contributed by atoms with van der Waals surface area (Å²) in [7, 11) is 3.35. The Morgan fingerprint density at radius 3 is 2.65 bits per heavy atom. The Morgan fingerprint density at radius 2 is 1.93 bits per heavy atom. The van der Waals surface area contributed by atoms with E-state index in [9.17, 15) is 18.0 Å². The minimum atomic E-state index is -5.08. The highest BCUT2D eigenvalue weighted by Crippen LogP contribution is 2.30. The highest BCUT2D eigenvalue weighted by molar-refractivity contribution is 7.19. The Bertz CT molecular complexity index is 1920. The number of aliphatic carboxylic acids is 1. The van der Waals surface area contributed by atoms with Crippen molar-refractivity contribution in [1.82, 2.24) is 30.0 Å². The van der Waals surface area contributed by atoms with Gasteiger partial charge in [0.1, 0.15) is 23.1 Å². The Balaban J connectivity index is 0.000000537. The van der Waals surface area contributed by atoms with E-state index in [1.807, 2.05) is 41.2 Å². The fourth-order valence-corrected chi connectivity index (χ4v) is 5.37. The van der Waals surface area contributed by atoms with E-state index in [-0.39, 0.29) is 18.2 Å². The number of amides is 1. The summed E-state index contributed by atoms with van der Waals surface area (Å²) in [4.78, 5) is 32.8. The summed E-state index contributed by atoms with van der Waals surface area (Å²) >= 11 is 1.53. The number of rotatable bonds is 5. The maximum absolute atomic E-state index is 11.8. The van der Waals surface area contributed by atoms with Crippen molar-refractivity contribution in [2.24, 2.45) is 0 Å². The fourth-order valence-electron chi connectivity index (χ4n) is 4.51. The summed E-state index contributed by atoms with van der Waals surface area (Å²) in [5.41, 5.74) is 3.21. The molecule has 15 heteroatoms. The lowest BCUT2D eigenvalue weighted by Crippen LogP contribution is -2.29. The molecule has 0 spiro atoms. The number of nitrogens with one attached hydrogen (secondary N) is 2. The number of anilines is 2. The number of carboxylic acid groups (broad SMARTS) is 1. The van der Waals surface area contributed by atoms with Crippen LogP contribution in [0.5, 0.6) is 0 Å². The van der Waals surface area contributed by atoms with E-state index >= 15 is 0 Å². The Hall–Kier alpha value is -5.20. The molecule has 5 aromatic rings. The van der Waals surface area contributed by atoms with E-state index < -0.39 is 12.1 Å². The van der Waals surface area contributed by atoms with Gasteiger partial charge in [0.15, 0.2) is 0 Å². The number of benzene rings is 2. The molecule has 1 saturated heterocycles. The molecule has 11 nitrogen and oxygen atoms in total. The molecule has 1 amide bonds. The first-order chi connectivity index (χ1) is 22.0. The van der Waals surface area contributed by atoms with Crippen molar-refractivity contribution in [3.05, 3.63) is 77.6 Å². The van der Waals surface area contributed by atoms with Gasteiger partial charge in [-0.2, -0.15) is 18.3 Å². The van der Waals surface area contributed by atoms with Crippen LogP contribution in [0.15, 0.2) is 67.1 Å². The average molecular weight is 652 g/mol. The summed E-state index contributed by atoms with van der Waals surface area (Å²) in [5, 5.41) is 20.5. The van der Waals surface area contributed by atoms with Crippen LogP contribution >= 0.6 is 11.3 Å². The molecule has 0 aliphatic carbocycles. The molecule has 4 heterocycles. The lowest BCUT2D eigenvalue weighted by Gasteiger charge is -2.15. The van der Waals surface area contributed by atoms with Crippen LogP contribution in [0.3, 0.4) is 0 Å². The zero-order chi connectivity index (χ0) is 32.8. The van der Waals surface area contributed by atoms with Crippen LogP contribution in [-0.2, 0) is 16.1 Å². The molecular weight excluding hydrogens is 623 g/mol. The van der Waals surface area contributed by atoms with Gasteiger partial charge in [0.05, 0.1) is 34.6 Å². The maximum atomic E-state index is 11.8.